The monoisotopic (exact) mass is 265 g/mol. The van der Waals surface area contributed by atoms with E-state index in [1.807, 2.05) is 6.20 Å². The van der Waals surface area contributed by atoms with Gasteiger partial charge in [0, 0.05) is 38.0 Å². The fourth-order valence-electron chi connectivity index (χ4n) is 2.90. The van der Waals surface area contributed by atoms with Gasteiger partial charge in [0.25, 0.3) is 0 Å². The van der Waals surface area contributed by atoms with E-state index in [1.165, 1.54) is 6.42 Å². The van der Waals surface area contributed by atoms with Crippen LogP contribution < -0.4 is 5.32 Å². The molecule has 4 heteroatoms. The summed E-state index contributed by atoms with van der Waals surface area (Å²) in [5.41, 5.74) is -0.0420. The molecule has 0 aliphatic carbocycles. The first-order chi connectivity index (χ1) is 9.19. The summed E-state index contributed by atoms with van der Waals surface area (Å²) in [6.07, 6.45) is 8.36. The maximum atomic E-state index is 6.02. The van der Waals surface area contributed by atoms with Gasteiger partial charge in [0.05, 0.1) is 5.60 Å². The van der Waals surface area contributed by atoms with Crippen molar-refractivity contribution in [3.63, 3.8) is 0 Å². The molecule has 0 radical (unpaired) electrons. The van der Waals surface area contributed by atoms with Gasteiger partial charge < -0.3 is 14.6 Å². The van der Waals surface area contributed by atoms with Crippen molar-refractivity contribution in [2.24, 2.45) is 0 Å². The lowest BCUT2D eigenvalue weighted by molar-refractivity contribution is -0.0121. The summed E-state index contributed by atoms with van der Waals surface area (Å²) >= 11 is 0. The van der Waals surface area contributed by atoms with E-state index in [0.29, 0.717) is 6.04 Å². The lowest BCUT2D eigenvalue weighted by atomic mass is 9.90. The largest absolute Gasteiger partial charge is 0.374 e. The summed E-state index contributed by atoms with van der Waals surface area (Å²) in [5, 5.41) is 3.66. The van der Waals surface area contributed by atoms with Crippen LogP contribution in [0.2, 0.25) is 0 Å². The number of hydrogen-bond acceptors (Lipinski definition) is 3. The van der Waals surface area contributed by atoms with Gasteiger partial charge in [-0.25, -0.2) is 4.98 Å². The van der Waals surface area contributed by atoms with Gasteiger partial charge in [-0.1, -0.05) is 6.92 Å². The molecule has 1 aliphatic rings. The number of aromatic nitrogens is 2. The first-order valence-electron chi connectivity index (χ1n) is 7.57. The van der Waals surface area contributed by atoms with E-state index in [-0.39, 0.29) is 5.60 Å². The van der Waals surface area contributed by atoms with E-state index >= 15 is 0 Å². The van der Waals surface area contributed by atoms with Crippen LogP contribution in [0.5, 0.6) is 0 Å². The molecule has 0 bridgehead atoms. The predicted octanol–water partition coefficient (Wildman–Crippen LogP) is 2.38. The van der Waals surface area contributed by atoms with E-state index in [2.05, 4.69) is 41.8 Å². The molecule has 19 heavy (non-hydrogen) atoms. The zero-order valence-corrected chi connectivity index (χ0v) is 12.5. The Hall–Kier alpha value is -0.870. The second-order valence-electron chi connectivity index (χ2n) is 5.60. The van der Waals surface area contributed by atoms with Gasteiger partial charge in [0.1, 0.15) is 5.82 Å². The lowest BCUT2D eigenvalue weighted by Gasteiger charge is -2.34. The molecule has 0 spiro atoms. The number of ether oxygens (including phenoxy) is 1. The number of rotatable bonds is 7. The maximum absolute atomic E-state index is 6.02. The highest BCUT2D eigenvalue weighted by Crippen LogP contribution is 2.30. The average molecular weight is 265 g/mol. The Balaban J connectivity index is 2.09. The molecule has 1 aliphatic heterocycles. The molecule has 1 aromatic heterocycles. The van der Waals surface area contributed by atoms with Crippen LogP contribution in [0.25, 0.3) is 0 Å². The molecule has 2 rings (SSSR count). The molecule has 0 saturated carbocycles. The highest BCUT2D eigenvalue weighted by Gasteiger charge is 2.38. The zero-order valence-electron chi connectivity index (χ0n) is 12.5. The van der Waals surface area contributed by atoms with E-state index in [0.717, 1.165) is 44.8 Å². The Kier molecular flexibility index (Phi) is 4.99. The van der Waals surface area contributed by atoms with Crippen molar-refractivity contribution in [2.75, 3.05) is 13.2 Å². The number of imidazole rings is 1. The highest BCUT2D eigenvalue weighted by atomic mass is 16.5. The third kappa shape index (κ3) is 3.37. The minimum absolute atomic E-state index is 0.0420. The second kappa shape index (κ2) is 6.53. The fourth-order valence-corrected chi connectivity index (χ4v) is 2.90. The van der Waals surface area contributed by atoms with Crippen LogP contribution >= 0.6 is 0 Å². The molecule has 108 valence electrons. The summed E-state index contributed by atoms with van der Waals surface area (Å²) < 4.78 is 8.24. The minimum Gasteiger partial charge on any atom is -0.374 e. The standard InChI is InChI=1S/C15H27N3O/c1-4-8-16-13(15(3)7-6-11-19-15)12-14-17-9-10-18(14)5-2/h9-10,13,16H,4-8,11-12H2,1-3H3. The van der Waals surface area contributed by atoms with Gasteiger partial charge in [-0.05, 0) is 39.7 Å². The van der Waals surface area contributed by atoms with Gasteiger partial charge >= 0.3 is 0 Å². The zero-order chi connectivity index (χ0) is 13.7. The van der Waals surface area contributed by atoms with Crippen molar-refractivity contribution in [2.45, 2.75) is 64.6 Å². The molecular formula is C15H27N3O. The molecule has 2 heterocycles. The summed E-state index contributed by atoms with van der Waals surface area (Å²) in [5.74, 6) is 1.16. The van der Waals surface area contributed by atoms with Crippen molar-refractivity contribution in [3.8, 4) is 0 Å². The Labute approximate surface area is 116 Å². The van der Waals surface area contributed by atoms with Crippen LogP contribution in [0.1, 0.15) is 45.9 Å². The average Bonchev–Trinajstić information content (AvgIpc) is 3.03. The summed E-state index contributed by atoms with van der Waals surface area (Å²) in [7, 11) is 0. The Morgan fingerprint density at radius 1 is 1.53 bits per heavy atom. The topological polar surface area (TPSA) is 39.1 Å². The van der Waals surface area contributed by atoms with Crippen LogP contribution in [0.4, 0.5) is 0 Å². The van der Waals surface area contributed by atoms with Crippen LogP contribution in [0, 0.1) is 0 Å². The van der Waals surface area contributed by atoms with Crippen molar-refractivity contribution in [3.05, 3.63) is 18.2 Å². The summed E-state index contributed by atoms with van der Waals surface area (Å²) in [6.45, 7) is 9.52. The van der Waals surface area contributed by atoms with Gasteiger partial charge in [-0.2, -0.15) is 0 Å². The van der Waals surface area contributed by atoms with Gasteiger partial charge in [-0.3, -0.25) is 0 Å². The minimum atomic E-state index is -0.0420. The summed E-state index contributed by atoms with van der Waals surface area (Å²) in [6, 6.07) is 0.350. The Bertz CT molecular complexity index is 382. The van der Waals surface area contributed by atoms with Gasteiger partial charge in [0.15, 0.2) is 0 Å². The number of nitrogens with one attached hydrogen (secondary N) is 1. The maximum Gasteiger partial charge on any atom is 0.110 e. The van der Waals surface area contributed by atoms with Gasteiger partial charge in [-0.15, -0.1) is 0 Å². The van der Waals surface area contributed by atoms with Crippen LogP contribution in [-0.2, 0) is 17.7 Å². The van der Waals surface area contributed by atoms with E-state index < -0.39 is 0 Å². The molecule has 1 N–H and O–H groups in total. The van der Waals surface area contributed by atoms with E-state index in [4.69, 9.17) is 4.74 Å². The molecule has 1 fully saturated rings. The lowest BCUT2D eigenvalue weighted by Crippen LogP contribution is -2.50. The number of aryl methyl sites for hydroxylation is 1. The Morgan fingerprint density at radius 2 is 2.37 bits per heavy atom. The Morgan fingerprint density at radius 3 is 3.00 bits per heavy atom. The molecule has 2 unspecified atom stereocenters. The molecular weight excluding hydrogens is 238 g/mol. The molecule has 4 nitrogen and oxygen atoms in total. The third-order valence-corrected chi connectivity index (χ3v) is 4.16. The molecule has 0 amide bonds. The normalized spacial score (nSPS) is 24.8. The van der Waals surface area contributed by atoms with Crippen molar-refractivity contribution in [1.29, 1.82) is 0 Å². The van der Waals surface area contributed by atoms with Crippen molar-refractivity contribution >= 4 is 0 Å². The quantitative estimate of drug-likeness (QED) is 0.822. The van der Waals surface area contributed by atoms with Crippen LogP contribution in [0.15, 0.2) is 12.4 Å². The van der Waals surface area contributed by atoms with Crippen molar-refractivity contribution < 1.29 is 4.74 Å². The first-order valence-corrected chi connectivity index (χ1v) is 7.57. The number of nitrogens with zero attached hydrogens (tertiary/aromatic N) is 2. The molecule has 0 aromatic carbocycles. The second-order valence-corrected chi connectivity index (χ2v) is 5.60. The van der Waals surface area contributed by atoms with E-state index in [1.54, 1.807) is 0 Å². The number of hydrogen-bond donors (Lipinski definition) is 1. The highest BCUT2D eigenvalue weighted by molar-refractivity contribution is 5.02. The predicted molar refractivity (Wildman–Crippen MR) is 77.3 cm³/mol. The summed E-state index contributed by atoms with van der Waals surface area (Å²) in [4.78, 5) is 4.50. The van der Waals surface area contributed by atoms with Crippen LogP contribution in [0.3, 0.4) is 0 Å². The molecule has 1 aromatic rings. The van der Waals surface area contributed by atoms with E-state index in [9.17, 15) is 0 Å². The SMILES string of the molecule is CCCNC(Cc1nccn1CC)C1(C)CCCO1. The van der Waals surface area contributed by atoms with Crippen molar-refractivity contribution in [1.82, 2.24) is 14.9 Å². The first kappa shape index (κ1) is 14.5. The smallest absolute Gasteiger partial charge is 0.110 e. The third-order valence-electron chi connectivity index (χ3n) is 4.16. The molecule has 2 atom stereocenters. The van der Waals surface area contributed by atoms with Crippen LogP contribution in [-0.4, -0.2) is 34.3 Å². The molecule has 1 saturated heterocycles. The fraction of sp³-hybridized carbons (Fsp3) is 0.800. The van der Waals surface area contributed by atoms with Gasteiger partial charge in [0.2, 0.25) is 0 Å².